The number of aliphatic hydroxyl groups excluding tert-OH is 1. The van der Waals surface area contributed by atoms with Crippen LogP contribution in [-0.2, 0) is 6.54 Å². The Kier molecular flexibility index (Phi) is 4.81. The van der Waals surface area contributed by atoms with E-state index in [1.54, 1.807) is 6.07 Å². The molecule has 0 bridgehead atoms. The summed E-state index contributed by atoms with van der Waals surface area (Å²) in [7, 11) is 0. The second kappa shape index (κ2) is 6.42. The Hall–Kier alpha value is -1.64. The maximum Gasteiger partial charge on any atom is 0.346 e. The number of aromatic carboxylic acids is 1. The van der Waals surface area contributed by atoms with Crippen molar-refractivity contribution in [2.45, 2.75) is 19.1 Å². The number of nitrogens with one attached hydrogen (secondary N) is 1. The quantitative estimate of drug-likeness (QED) is 0.765. The molecule has 2 rings (SSSR count). The van der Waals surface area contributed by atoms with Gasteiger partial charge in [0, 0.05) is 28.7 Å². The van der Waals surface area contributed by atoms with E-state index < -0.39 is 30.9 Å². The molecule has 1 aromatic carbocycles. The molecule has 4 nitrogen and oxygen atoms in total. The van der Waals surface area contributed by atoms with Crippen LogP contribution in [0.15, 0.2) is 18.2 Å². The molecule has 0 amide bonds. The minimum atomic E-state index is -2.90. The summed E-state index contributed by atoms with van der Waals surface area (Å²) in [5.41, 5.74) is 0.196. The maximum absolute atomic E-state index is 13.9. The number of benzene rings is 1. The first-order chi connectivity index (χ1) is 9.91. The van der Waals surface area contributed by atoms with Gasteiger partial charge in [-0.15, -0.1) is 11.3 Å². The van der Waals surface area contributed by atoms with E-state index in [1.807, 2.05) is 0 Å². The Morgan fingerprint density at radius 3 is 2.71 bits per heavy atom. The molecule has 0 aliphatic rings. The second-order valence-corrected chi connectivity index (χ2v) is 5.41. The molecule has 1 heterocycles. The lowest BCUT2D eigenvalue weighted by Crippen LogP contribution is -2.32. The summed E-state index contributed by atoms with van der Waals surface area (Å²) in [4.78, 5) is 11.2. The van der Waals surface area contributed by atoms with Gasteiger partial charge in [-0.2, -0.15) is 0 Å². The highest BCUT2D eigenvalue weighted by Gasteiger charge is 2.21. The monoisotopic (exact) mass is 319 g/mol. The van der Waals surface area contributed by atoms with Crippen LogP contribution in [0.1, 0.15) is 15.2 Å². The Bertz CT molecular complexity index is 659. The van der Waals surface area contributed by atoms with Gasteiger partial charge in [0.1, 0.15) is 16.8 Å². The number of carbonyl (C=O) groups is 1. The van der Waals surface area contributed by atoms with Crippen molar-refractivity contribution in [3.05, 3.63) is 34.5 Å². The highest BCUT2D eigenvalue weighted by atomic mass is 32.1. The van der Waals surface area contributed by atoms with Gasteiger partial charge in [-0.1, -0.05) is 6.07 Å². The summed E-state index contributed by atoms with van der Waals surface area (Å²) >= 11 is 0.921. The van der Waals surface area contributed by atoms with Crippen molar-refractivity contribution >= 4 is 27.4 Å². The van der Waals surface area contributed by atoms with Crippen molar-refractivity contribution in [1.29, 1.82) is 0 Å². The molecule has 2 aromatic rings. The third-order valence-electron chi connectivity index (χ3n) is 2.90. The van der Waals surface area contributed by atoms with E-state index in [-0.39, 0.29) is 22.4 Å². The lowest BCUT2D eigenvalue weighted by atomic mass is 10.1. The van der Waals surface area contributed by atoms with E-state index in [1.165, 1.54) is 12.1 Å². The van der Waals surface area contributed by atoms with Gasteiger partial charge in [-0.05, 0) is 12.1 Å². The van der Waals surface area contributed by atoms with Crippen LogP contribution >= 0.6 is 11.3 Å². The van der Waals surface area contributed by atoms with Crippen LogP contribution < -0.4 is 5.32 Å². The van der Waals surface area contributed by atoms with Gasteiger partial charge in [0.2, 0.25) is 0 Å². The summed E-state index contributed by atoms with van der Waals surface area (Å²) in [6, 6.07) is 4.27. The maximum atomic E-state index is 13.9. The fourth-order valence-corrected chi connectivity index (χ4v) is 3.02. The lowest BCUT2D eigenvalue weighted by Gasteiger charge is -2.11. The van der Waals surface area contributed by atoms with Crippen LogP contribution in [0.4, 0.5) is 13.2 Å². The molecule has 0 aliphatic heterocycles. The topological polar surface area (TPSA) is 69.6 Å². The predicted octanol–water partition coefficient (Wildman–Crippen LogP) is 2.45. The first kappa shape index (κ1) is 15.7. The number of hydrogen-bond acceptors (Lipinski definition) is 4. The van der Waals surface area contributed by atoms with E-state index in [9.17, 15) is 18.0 Å². The molecule has 21 heavy (non-hydrogen) atoms. The van der Waals surface area contributed by atoms with Gasteiger partial charge in [-0.25, -0.2) is 18.0 Å². The van der Waals surface area contributed by atoms with Crippen LogP contribution in [-0.4, -0.2) is 35.3 Å². The summed E-state index contributed by atoms with van der Waals surface area (Å²) in [6.07, 6.45) is -4.75. The van der Waals surface area contributed by atoms with E-state index in [2.05, 4.69) is 5.32 Å². The Morgan fingerprint density at radius 1 is 1.38 bits per heavy atom. The largest absolute Gasteiger partial charge is 0.477 e. The fraction of sp³-hybridized carbons (Fsp3) is 0.308. The highest BCUT2D eigenvalue weighted by Crippen LogP contribution is 2.33. The summed E-state index contributed by atoms with van der Waals surface area (Å²) in [5.74, 6) is -1.77. The zero-order chi connectivity index (χ0) is 15.6. The average molecular weight is 319 g/mol. The number of hydrogen-bond donors (Lipinski definition) is 3. The normalized spacial score (nSPS) is 13.0. The first-order valence-corrected chi connectivity index (χ1v) is 6.83. The van der Waals surface area contributed by atoms with E-state index >= 15 is 0 Å². The van der Waals surface area contributed by atoms with Crippen molar-refractivity contribution in [2.75, 3.05) is 6.54 Å². The number of carboxylic acids is 1. The number of alkyl halides is 2. The van der Waals surface area contributed by atoms with Crippen LogP contribution in [0.5, 0.6) is 0 Å². The summed E-state index contributed by atoms with van der Waals surface area (Å²) < 4.78 is 38.7. The zero-order valence-corrected chi connectivity index (χ0v) is 11.5. The van der Waals surface area contributed by atoms with Crippen LogP contribution in [0.3, 0.4) is 0 Å². The fourth-order valence-electron chi connectivity index (χ4n) is 1.94. The Morgan fingerprint density at radius 2 is 2.10 bits per heavy atom. The third-order valence-corrected chi connectivity index (χ3v) is 4.09. The molecule has 1 unspecified atom stereocenters. The molecule has 0 radical (unpaired) electrons. The lowest BCUT2D eigenvalue weighted by molar-refractivity contribution is -0.00340. The zero-order valence-electron chi connectivity index (χ0n) is 10.6. The molecule has 114 valence electrons. The van der Waals surface area contributed by atoms with Crippen molar-refractivity contribution < 1.29 is 28.2 Å². The molecule has 1 atom stereocenters. The second-order valence-electron chi connectivity index (χ2n) is 4.36. The molecular formula is C13H12F3NO3S. The molecule has 0 fully saturated rings. The molecule has 1 aromatic heterocycles. The minimum Gasteiger partial charge on any atom is -0.477 e. The Balaban J connectivity index is 2.28. The molecule has 8 heteroatoms. The minimum absolute atomic E-state index is 0.0471. The number of aliphatic hydroxyl groups is 1. The molecule has 0 spiro atoms. The molecular weight excluding hydrogens is 307 g/mol. The number of rotatable bonds is 6. The number of carboxylic acid groups (broad SMARTS) is 1. The third kappa shape index (κ3) is 3.34. The highest BCUT2D eigenvalue weighted by molar-refractivity contribution is 7.21. The SMILES string of the molecule is O=C(O)c1sc2cccc(F)c2c1CNCC(O)C(F)F. The summed E-state index contributed by atoms with van der Waals surface area (Å²) in [5, 5.41) is 20.8. The van der Waals surface area contributed by atoms with Crippen molar-refractivity contribution in [3.8, 4) is 0 Å². The molecule has 0 saturated heterocycles. The predicted molar refractivity (Wildman–Crippen MR) is 72.5 cm³/mol. The van der Waals surface area contributed by atoms with Crippen molar-refractivity contribution in [2.24, 2.45) is 0 Å². The molecule has 0 saturated carbocycles. The van der Waals surface area contributed by atoms with Crippen molar-refractivity contribution in [1.82, 2.24) is 5.32 Å². The molecule has 0 aliphatic carbocycles. The van der Waals surface area contributed by atoms with Gasteiger partial charge < -0.3 is 15.5 Å². The van der Waals surface area contributed by atoms with Gasteiger partial charge in [0.25, 0.3) is 6.43 Å². The van der Waals surface area contributed by atoms with E-state index in [0.29, 0.717) is 4.70 Å². The van der Waals surface area contributed by atoms with Crippen LogP contribution in [0.25, 0.3) is 10.1 Å². The van der Waals surface area contributed by atoms with Gasteiger partial charge >= 0.3 is 5.97 Å². The van der Waals surface area contributed by atoms with E-state index in [4.69, 9.17) is 10.2 Å². The van der Waals surface area contributed by atoms with Gasteiger partial charge in [0.05, 0.1) is 0 Å². The smallest absolute Gasteiger partial charge is 0.346 e. The number of fused-ring (bicyclic) bond motifs is 1. The number of halogens is 3. The van der Waals surface area contributed by atoms with E-state index in [0.717, 1.165) is 11.3 Å². The van der Waals surface area contributed by atoms with Crippen molar-refractivity contribution in [3.63, 3.8) is 0 Å². The number of thiophene rings is 1. The van der Waals surface area contributed by atoms with Crippen LogP contribution in [0, 0.1) is 5.82 Å². The van der Waals surface area contributed by atoms with Gasteiger partial charge in [0.15, 0.2) is 0 Å². The first-order valence-electron chi connectivity index (χ1n) is 6.02. The Labute approximate surface area is 121 Å². The average Bonchev–Trinajstić information content (AvgIpc) is 2.79. The standard InChI is InChI=1S/C13H12F3NO3S/c14-7-2-1-3-9-10(7)6(11(21-9)13(19)20)4-17-5-8(18)12(15)16/h1-3,8,12,17-18H,4-5H2,(H,19,20). The molecule has 3 N–H and O–H groups in total. The van der Waals surface area contributed by atoms with Gasteiger partial charge in [-0.3, -0.25) is 0 Å². The summed E-state index contributed by atoms with van der Waals surface area (Å²) in [6.45, 7) is -0.533. The van der Waals surface area contributed by atoms with Crippen LogP contribution in [0.2, 0.25) is 0 Å².